The molecule has 1 N–H and O–H groups in total. The summed E-state index contributed by atoms with van der Waals surface area (Å²) < 4.78 is 27.0. The maximum atomic E-state index is 13.5. The minimum Gasteiger partial charge on any atom is -0.294 e. The van der Waals surface area contributed by atoms with Crippen molar-refractivity contribution in [3.8, 4) is 22.4 Å². The van der Waals surface area contributed by atoms with E-state index in [4.69, 9.17) is 0 Å². The number of hydrogen-bond acceptors (Lipinski definition) is 3. The molecule has 0 radical (unpaired) electrons. The predicted octanol–water partition coefficient (Wildman–Crippen LogP) is 4.30. The number of hydrogen-bond donors (Lipinski definition) is 1. The summed E-state index contributed by atoms with van der Waals surface area (Å²) in [5.41, 5.74) is 3.83. The summed E-state index contributed by atoms with van der Waals surface area (Å²) in [6, 6.07) is 13.9. The molecule has 0 atom stereocenters. The Balaban J connectivity index is 1.94. The van der Waals surface area contributed by atoms with Crippen molar-refractivity contribution in [2.24, 2.45) is 4.99 Å². The number of H-pyrrole nitrogens is 1. The second-order valence-corrected chi connectivity index (χ2v) is 5.49. The van der Waals surface area contributed by atoms with Gasteiger partial charge in [0.05, 0.1) is 6.21 Å². The van der Waals surface area contributed by atoms with Crippen LogP contribution in [0, 0.1) is 0 Å². The van der Waals surface area contributed by atoms with Crippen LogP contribution in [0.1, 0.15) is 18.2 Å². The Morgan fingerprint density at radius 2 is 1.71 bits per heavy atom. The van der Waals surface area contributed by atoms with E-state index in [9.17, 15) is 8.78 Å². The fourth-order valence-electron chi connectivity index (χ4n) is 2.46. The predicted molar refractivity (Wildman–Crippen MR) is 90.3 cm³/mol. The third-order valence-corrected chi connectivity index (χ3v) is 3.69. The average Bonchev–Trinajstić information content (AvgIpc) is 3.03. The third kappa shape index (κ3) is 3.22. The van der Waals surface area contributed by atoms with Crippen molar-refractivity contribution in [2.45, 2.75) is 12.8 Å². The number of benzene rings is 2. The second kappa shape index (κ2) is 6.31. The first-order valence-electron chi connectivity index (χ1n) is 7.41. The van der Waals surface area contributed by atoms with Crippen molar-refractivity contribution < 1.29 is 8.78 Å². The van der Waals surface area contributed by atoms with E-state index in [1.54, 1.807) is 19.3 Å². The molecule has 0 bridgehead atoms. The number of aliphatic imine (C=N–C) groups is 1. The van der Waals surface area contributed by atoms with Crippen LogP contribution in [0.25, 0.3) is 22.4 Å². The molecule has 0 unspecified atom stereocenters. The van der Waals surface area contributed by atoms with E-state index in [2.05, 4.69) is 20.4 Å². The number of nitrogens with zero attached hydrogens (tertiary/aromatic N) is 3. The van der Waals surface area contributed by atoms with Crippen molar-refractivity contribution in [3.05, 3.63) is 59.8 Å². The normalized spacial score (nSPS) is 12.0. The van der Waals surface area contributed by atoms with Crippen molar-refractivity contribution in [1.82, 2.24) is 15.4 Å². The molecule has 2 aromatic carbocycles. The summed E-state index contributed by atoms with van der Waals surface area (Å²) in [6.07, 6.45) is 1.62. The summed E-state index contributed by atoms with van der Waals surface area (Å²) in [5.74, 6) is -2.86. The van der Waals surface area contributed by atoms with Gasteiger partial charge in [-0.3, -0.25) is 4.99 Å². The van der Waals surface area contributed by atoms with Crippen LogP contribution < -0.4 is 0 Å². The Kier molecular flexibility index (Phi) is 4.20. The van der Waals surface area contributed by atoms with Crippen LogP contribution in [0.2, 0.25) is 0 Å². The number of aromatic nitrogens is 3. The molecule has 24 heavy (non-hydrogen) atoms. The van der Waals surface area contributed by atoms with Gasteiger partial charge >= 0.3 is 0 Å². The first kappa shape index (κ1) is 16.0. The number of aromatic amines is 1. The van der Waals surface area contributed by atoms with E-state index in [0.29, 0.717) is 11.4 Å². The van der Waals surface area contributed by atoms with Crippen LogP contribution in [0.3, 0.4) is 0 Å². The van der Waals surface area contributed by atoms with E-state index in [0.717, 1.165) is 23.6 Å². The van der Waals surface area contributed by atoms with Gasteiger partial charge in [-0.1, -0.05) is 42.5 Å². The largest absolute Gasteiger partial charge is 0.294 e. The van der Waals surface area contributed by atoms with Gasteiger partial charge in [-0.2, -0.15) is 15.4 Å². The van der Waals surface area contributed by atoms with E-state index in [-0.39, 0.29) is 5.56 Å². The zero-order chi connectivity index (χ0) is 17.2. The van der Waals surface area contributed by atoms with E-state index in [1.165, 1.54) is 12.1 Å². The van der Waals surface area contributed by atoms with E-state index < -0.39 is 5.92 Å². The molecule has 1 heterocycles. The fraction of sp³-hybridized carbons (Fsp3) is 0.167. The lowest BCUT2D eigenvalue weighted by Gasteiger charge is -2.12. The highest BCUT2D eigenvalue weighted by atomic mass is 19.3. The molecular formula is C18H16F2N4. The second-order valence-electron chi connectivity index (χ2n) is 5.49. The highest BCUT2D eigenvalue weighted by Crippen LogP contribution is 2.31. The zero-order valence-electron chi connectivity index (χ0n) is 13.3. The molecule has 122 valence electrons. The molecule has 0 fully saturated rings. The van der Waals surface area contributed by atoms with Gasteiger partial charge in [-0.25, -0.2) is 8.78 Å². The monoisotopic (exact) mass is 326 g/mol. The molecule has 4 nitrogen and oxygen atoms in total. The van der Waals surface area contributed by atoms with Crippen molar-refractivity contribution in [3.63, 3.8) is 0 Å². The third-order valence-electron chi connectivity index (χ3n) is 3.69. The standard InChI is InChI=1S/C18H16F2N4/c1-18(19,20)15-5-3-4-14(10-15)12-6-8-13(9-7-12)17-16(11-21-2)22-24-23-17/h3-11H,1-2H3,(H,22,23,24). The van der Waals surface area contributed by atoms with Gasteiger partial charge in [-0.05, 0) is 17.2 Å². The number of halogens is 2. The first-order chi connectivity index (χ1) is 11.5. The maximum Gasteiger partial charge on any atom is 0.270 e. The highest BCUT2D eigenvalue weighted by Gasteiger charge is 2.24. The Bertz CT molecular complexity index is 861. The fourth-order valence-corrected chi connectivity index (χ4v) is 2.46. The molecule has 0 aliphatic rings. The Morgan fingerprint density at radius 1 is 1.00 bits per heavy atom. The molecule has 0 saturated carbocycles. The Morgan fingerprint density at radius 3 is 2.38 bits per heavy atom. The van der Waals surface area contributed by atoms with Crippen LogP contribution in [0.15, 0.2) is 53.5 Å². The van der Waals surface area contributed by atoms with Crippen LogP contribution in [0.5, 0.6) is 0 Å². The number of nitrogens with one attached hydrogen (secondary N) is 1. The van der Waals surface area contributed by atoms with Gasteiger partial charge in [0.1, 0.15) is 11.4 Å². The first-order valence-corrected chi connectivity index (χ1v) is 7.41. The molecule has 6 heteroatoms. The van der Waals surface area contributed by atoms with Crippen LogP contribution in [-0.2, 0) is 5.92 Å². The SMILES string of the molecule is CN=Cc1n[nH]nc1-c1ccc(-c2cccc(C(C)(F)F)c2)cc1. The van der Waals surface area contributed by atoms with Crippen molar-refractivity contribution in [1.29, 1.82) is 0 Å². The summed E-state index contributed by atoms with van der Waals surface area (Å²) in [4.78, 5) is 3.94. The molecule has 3 aromatic rings. The Hall–Kier alpha value is -2.89. The molecule has 0 amide bonds. The van der Waals surface area contributed by atoms with Crippen LogP contribution in [0.4, 0.5) is 8.78 Å². The summed E-state index contributed by atoms with van der Waals surface area (Å²) in [7, 11) is 1.66. The smallest absolute Gasteiger partial charge is 0.270 e. The van der Waals surface area contributed by atoms with Gasteiger partial charge in [-0.15, -0.1) is 0 Å². The molecule has 0 spiro atoms. The lowest BCUT2D eigenvalue weighted by atomic mass is 9.99. The Labute approximate surface area is 138 Å². The topological polar surface area (TPSA) is 53.9 Å². The number of alkyl halides is 2. The van der Waals surface area contributed by atoms with Crippen LogP contribution >= 0.6 is 0 Å². The zero-order valence-corrected chi connectivity index (χ0v) is 13.3. The molecule has 1 aromatic heterocycles. The summed E-state index contributed by atoms with van der Waals surface area (Å²) in [6.45, 7) is 0.899. The lowest BCUT2D eigenvalue weighted by molar-refractivity contribution is 0.0175. The van der Waals surface area contributed by atoms with Crippen LogP contribution in [-0.4, -0.2) is 28.7 Å². The minimum absolute atomic E-state index is 0.00187. The van der Waals surface area contributed by atoms with Gasteiger partial charge in [0.2, 0.25) is 0 Å². The average molecular weight is 326 g/mol. The quantitative estimate of drug-likeness (QED) is 0.727. The van der Waals surface area contributed by atoms with Crippen molar-refractivity contribution >= 4 is 6.21 Å². The number of rotatable bonds is 4. The molecular weight excluding hydrogens is 310 g/mol. The minimum atomic E-state index is -2.86. The van der Waals surface area contributed by atoms with Gasteiger partial charge in [0.15, 0.2) is 0 Å². The molecule has 0 aliphatic carbocycles. The molecule has 0 saturated heterocycles. The maximum absolute atomic E-state index is 13.5. The molecule has 0 aliphatic heterocycles. The van der Waals surface area contributed by atoms with Gasteiger partial charge < -0.3 is 0 Å². The van der Waals surface area contributed by atoms with Crippen molar-refractivity contribution in [2.75, 3.05) is 7.05 Å². The van der Waals surface area contributed by atoms with E-state index in [1.807, 2.05) is 30.3 Å². The molecule has 3 rings (SSSR count). The highest BCUT2D eigenvalue weighted by molar-refractivity contribution is 5.86. The van der Waals surface area contributed by atoms with Gasteiger partial charge in [0, 0.05) is 25.1 Å². The lowest BCUT2D eigenvalue weighted by Crippen LogP contribution is -2.06. The van der Waals surface area contributed by atoms with E-state index >= 15 is 0 Å². The van der Waals surface area contributed by atoms with Gasteiger partial charge in [0.25, 0.3) is 5.92 Å². The summed E-state index contributed by atoms with van der Waals surface area (Å²) >= 11 is 0. The summed E-state index contributed by atoms with van der Waals surface area (Å²) in [5, 5.41) is 10.7.